The number of fused-ring (bicyclic) bond motifs is 1. The molecule has 0 bridgehead atoms. The Labute approximate surface area is 89.1 Å². The smallest absolute Gasteiger partial charge is 0.323 e. The van der Waals surface area contributed by atoms with E-state index in [2.05, 4.69) is 15.9 Å². The number of hydrogen-bond acceptors (Lipinski definition) is 1. The number of aliphatic carboxylic acids is 1. The largest absolute Gasteiger partial charge is 0.480 e. The number of aromatic nitrogens is 1. The maximum absolute atomic E-state index is 10.6. The Morgan fingerprint density at radius 3 is 2.93 bits per heavy atom. The molecule has 1 aromatic carbocycles. The molecule has 72 valence electrons. The first-order valence-corrected chi connectivity index (χ1v) is 4.92. The highest BCUT2D eigenvalue weighted by atomic mass is 79.9. The lowest BCUT2D eigenvalue weighted by atomic mass is 10.2. The SMILES string of the molecule is O=C(O)Cn1ccc2ccc(Br)cc21. The Morgan fingerprint density at radius 2 is 2.21 bits per heavy atom. The molecule has 0 aliphatic heterocycles. The molecule has 0 radical (unpaired) electrons. The van der Waals surface area contributed by atoms with Crippen LogP contribution in [-0.4, -0.2) is 15.6 Å². The molecule has 0 amide bonds. The average Bonchev–Trinajstić information content (AvgIpc) is 2.47. The van der Waals surface area contributed by atoms with Crippen LogP contribution in [0.1, 0.15) is 0 Å². The third-order valence-corrected chi connectivity index (χ3v) is 2.53. The fourth-order valence-corrected chi connectivity index (χ4v) is 1.79. The summed E-state index contributed by atoms with van der Waals surface area (Å²) in [6, 6.07) is 7.72. The van der Waals surface area contributed by atoms with Gasteiger partial charge in [-0.3, -0.25) is 4.79 Å². The van der Waals surface area contributed by atoms with Gasteiger partial charge in [0.25, 0.3) is 0 Å². The van der Waals surface area contributed by atoms with E-state index in [0.29, 0.717) is 0 Å². The van der Waals surface area contributed by atoms with Crippen molar-refractivity contribution in [1.82, 2.24) is 4.57 Å². The zero-order valence-electron chi connectivity index (χ0n) is 7.27. The van der Waals surface area contributed by atoms with Crippen molar-refractivity contribution < 1.29 is 9.90 Å². The molecule has 2 aromatic rings. The molecule has 1 N–H and O–H groups in total. The van der Waals surface area contributed by atoms with Crippen LogP contribution in [0.25, 0.3) is 10.9 Å². The van der Waals surface area contributed by atoms with Crippen molar-refractivity contribution in [3.63, 3.8) is 0 Å². The minimum atomic E-state index is -0.831. The Balaban J connectivity index is 2.55. The van der Waals surface area contributed by atoms with Crippen molar-refractivity contribution >= 4 is 32.8 Å². The first kappa shape index (κ1) is 9.27. The van der Waals surface area contributed by atoms with E-state index >= 15 is 0 Å². The van der Waals surface area contributed by atoms with Gasteiger partial charge in [-0.15, -0.1) is 0 Å². The van der Waals surface area contributed by atoms with E-state index < -0.39 is 5.97 Å². The van der Waals surface area contributed by atoms with Gasteiger partial charge in [-0.1, -0.05) is 22.0 Å². The molecule has 0 saturated heterocycles. The first-order valence-electron chi connectivity index (χ1n) is 4.13. The van der Waals surface area contributed by atoms with Gasteiger partial charge < -0.3 is 9.67 Å². The standard InChI is InChI=1S/C10H8BrNO2/c11-8-2-1-7-3-4-12(6-10(13)14)9(7)5-8/h1-5H,6H2,(H,13,14). The Hall–Kier alpha value is -1.29. The highest BCUT2D eigenvalue weighted by molar-refractivity contribution is 9.10. The number of carboxylic acids is 1. The van der Waals surface area contributed by atoms with Crippen LogP contribution in [0.3, 0.4) is 0 Å². The maximum atomic E-state index is 10.6. The summed E-state index contributed by atoms with van der Waals surface area (Å²) in [6.45, 7) is -0.0000463. The van der Waals surface area contributed by atoms with E-state index in [4.69, 9.17) is 5.11 Å². The van der Waals surface area contributed by atoms with E-state index in [-0.39, 0.29) is 6.54 Å². The summed E-state index contributed by atoms with van der Waals surface area (Å²) < 4.78 is 2.66. The third-order valence-electron chi connectivity index (χ3n) is 2.04. The van der Waals surface area contributed by atoms with Gasteiger partial charge in [-0.25, -0.2) is 0 Å². The van der Waals surface area contributed by atoms with Gasteiger partial charge in [0.05, 0.1) is 0 Å². The quantitative estimate of drug-likeness (QED) is 0.894. The Bertz CT molecular complexity index is 490. The molecular weight excluding hydrogens is 246 g/mol. The van der Waals surface area contributed by atoms with Crippen molar-refractivity contribution in [3.8, 4) is 0 Å². The second-order valence-corrected chi connectivity index (χ2v) is 3.96. The number of hydrogen-bond donors (Lipinski definition) is 1. The fourth-order valence-electron chi connectivity index (χ4n) is 1.44. The summed E-state index contributed by atoms with van der Waals surface area (Å²) in [6.07, 6.45) is 1.78. The summed E-state index contributed by atoms with van der Waals surface area (Å²) in [5, 5.41) is 9.73. The number of nitrogens with zero attached hydrogens (tertiary/aromatic N) is 1. The van der Waals surface area contributed by atoms with Gasteiger partial charge in [0.15, 0.2) is 0 Å². The normalized spacial score (nSPS) is 10.6. The molecule has 4 heteroatoms. The molecule has 0 aliphatic rings. The Morgan fingerprint density at radius 1 is 1.43 bits per heavy atom. The Kier molecular flexibility index (Phi) is 2.29. The monoisotopic (exact) mass is 253 g/mol. The summed E-state index contributed by atoms with van der Waals surface area (Å²) in [5.41, 5.74) is 0.932. The third kappa shape index (κ3) is 1.65. The summed E-state index contributed by atoms with van der Waals surface area (Å²) >= 11 is 3.36. The fraction of sp³-hybridized carbons (Fsp3) is 0.100. The van der Waals surface area contributed by atoms with E-state index in [9.17, 15) is 4.79 Å². The van der Waals surface area contributed by atoms with Crippen molar-refractivity contribution in [2.75, 3.05) is 0 Å². The second kappa shape index (κ2) is 3.46. The van der Waals surface area contributed by atoms with Crippen LogP contribution in [0.2, 0.25) is 0 Å². The molecule has 0 spiro atoms. The van der Waals surface area contributed by atoms with E-state index in [0.717, 1.165) is 15.4 Å². The maximum Gasteiger partial charge on any atom is 0.323 e. The van der Waals surface area contributed by atoms with Gasteiger partial charge in [0.2, 0.25) is 0 Å². The number of halogens is 1. The lowest BCUT2D eigenvalue weighted by Gasteiger charge is -2.01. The van der Waals surface area contributed by atoms with Crippen molar-refractivity contribution in [2.45, 2.75) is 6.54 Å². The van der Waals surface area contributed by atoms with Crippen LogP contribution in [0.4, 0.5) is 0 Å². The van der Waals surface area contributed by atoms with Crippen LogP contribution in [0, 0.1) is 0 Å². The predicted octanol–water partition coefficient (Wildman–Crippen LogP) is 2.49. The lowest BCUT2D eigenvalue weighted by molar-refractivity contribution is -0.137. The van der Waals surface area contributed by atoms with Gasteiger partial charge in [0, 0.05) is 16.2 Å². The highest BCUT2D eigenvalue weighted by Gasteiger charge is 2.04. The molecule has 0 fully saturated rings. The molecule has 1 aromatic heterocycles. The second-order valence-electron chi connectivity index (χ2n) is 3.04. The number of benzene rings is 1. The number of carboxylic acid groups (broad SMARTS) is 1. The van der Waals surface area contributed by atoms with Crippen LogP contribution in [-0.2, 0) is 11.3 Å². The summed E-state index contributed by atoms with van der Waals surface area (Å²) in [5.74, 6) is -0.831. The molecule has 3 nitrogen and oxygen atoms in total. The molecular formula is C10H8BrNO2. The highest BCUT2D eigenvalue weighted by Crippen LogP contribution is 2.20. The first-order chi connectivity index (χ1) is 6.66. The minimum Gasteiger partial charge on any atom is -0.480 e. The molecule has 0 atom stereocenters. The topological polar surface area (TPSA) is 42.2 Å². The van der Waals surface area contributed by atoms with E-state index in [1.54, 1.807) is 10.8 Å². The molecule has 0 aliphatic carbocycles. The number of rotatable bonds is 2. The lowest BCUT2D eigenvalue weighted by Crippen LogP contribution is -2.06. The predicted molar refractivity (Wildman–Crippen MR) is 57.3 cm³/mol. The molecule has 1 heterocycles. The van der Waals surface area contributed by atoms with Crippen LogP contribution in [0.15, 0.2) is 34.9 Å². The minimum absolute atomic E-state index is 0.0000463. The van der Waals surface area contributed by atoms with E-state index in [1.165, 1.54) is 0 Å². The summed E-state index contributed by atoms with van der Waals surface area (Å²) in [7, 11) is 0. The molecule has 0 saturated carbocycles. The van der Waals surface area contributed by atoms with Crippen molar-refractivity contribution in [2.24, 2.45) is 0 Å². The van der Waals surface area contributed by atoms with Crippen LogP contribution < -0.4 is 0 Å². The van der Waals surface area contributed by atoms with Gasteiger partial charge >= 0.3 is 5.97 Å². The van der Waals surface area contributed by atoms with Crippen LogP contribution >= 0.6 is 15.9 Å². The molecule has 0 unspecified atom stereocenters. The van der Waals surface area contributed by atoms with E-state index in [1.807, 2.05) is 24.3 Å². The molecule has 14 heavy (non-hydrogen) atoms. The van der Waals surface area contributed by atoms with Gasteiger partial charge in [-0.05, 0) is 23.6 Å². The van der Waals surface area contributed by atoms with Crippen molar-refractivity contribution in [3.05, 3.63) is 34.9 Å². The average molecular weight is 254 g/mol. The number of carbonyl (C=O) groups is 1. The molecule has 2 rings (SSSR count). The van der Waals surface area contributed by atoms with Crippen molar-refractivity contribution in [1.29, 1.82) is 0 Å². The zero-order valence-corrected chi connectivity index (χ0v) is 8.86. The zero-order chi connectivity index (χ0) is 10.1. The summed E-state index contributed by atoms with van der Waals surface area (Å²) in [4.78, 5) is 10.6. The van der Waals surface area contributed by atoms with Gasteiger partial charge in [-0.2, -0.15) is 0 Å². The van der Waals surface area contributed by atoms with Crippen LogP contribution in [0.5, 0.6) is 0 Å². The van der Waals surface area contributed by atoms with Gasteiger partial charge in [0.1, 0.15) is 6.54 Å².